The minimum atomic E-state index is -0.331. The van der Waals surface area contributed by atoms with Crippen LogP contribution in [0, 0.1) is 0 Å². The van der Waals surface area contributed by atoms with Gasteiger partial charge in [-0.3, -0.25) is 14.0 Å². The van der Waals surface area contributed by atoms with Gasteiger partial charge in [0.2, 0.25) is 5.91 Å². The molecule has 3 heterocycles. The summed E-state index contributed by atoms with van der Waals surface area (Å²) in [7, 11) is 0. The predicted molar refractivity (Wildman–Crippen MR) is 92.3 cm³/mol. The number of hydrogen-bond donors (Lipinski definition) is 0. The van der Waals surface area contributed by atoms with Crippen LogP contribution in [0.3, 0.4) is 0 Å². The van der Waals surface area contributed by atoms with E-state index >= 15 is 0 Å². The predicted octanol–water partition coefficient (Wildman–Crippen LogP) is 2.26. The van der Waals surface area contributed by atoms with Crippen molar-refractivity contribution in [2.45, 2.75) is 39.5 Å². The van der Waals surface area contributed by atoms with Crippen molar-refractivity contribution in [2.24, 2.45) is 0 Å². The van der Waals surface area contributed by atoms with Crippen LogP contribution in [0.2, 0.25) is 0 Å². The van der Waals surface area contributed by atoms with E-state index in [1.807, 2.05) is 64.5 Å². The van der Waals surface area contributed by atoms with Crippen LogP contribution in [-0.2, 0) is 24.4 Å². The lowest BCUT2D eigenvalue weighted by Gasteiger charge is -2.32. The van der Waals surface area contributed by atoms with Gasteiger partial charge in [0.15, 0.2) is 11.6 Å². The third-order valence-corrected chi connectivity index (χ3v) is 4.59. The van der Waals surface area contributed by atoms with Gasteiger partial charge in [-0.25, -0.2) is 0 Å². The van der Waals surface area contributed by atoms with Gasteiger partial charge in [0, 0.05) is 19.3 Å². The molecule has 1 aliphatic rings. The maximum Gasteiger partial charge on any atom is 0.246 e. The molecule has 0 unspecified atom stereocenters. The van der Waals surface area contributed by atoms with Crippen LogP contribution in [-0.4, -0.2) is 35.4 Å². The van der Waals surface area contributed by atoms with E-state index in [1.54, 1.807) is 6.20 Å². The highest BCUT2D eigenvalue weighted by molar-refractivity contribution is 5.82. The van der Waals surface area contributed by atoms with Crippen molar-refractivity contribution in [1.82, 2.24) is 29.4 Å². The summed E-state index contributed by atoms with van der Waals surface area (Å²) in [5.74, 6) is 1.59. The topological polar surface area (TPSA) is 68.8 Å². The van der Waals surface area contributed by atoms with Gasteiger partial charge in [-0.1, -0.05) is 30.3 Å². The minimum absolute atomic E-state index is 0.0836. The van der Waals surface area contributed by atoms with Crippen LogP contribution >= 0.6 is 0 Å². The highest BCUT2D eigenvalue weighted by Gasteiger charge is 2.33. The SMILES string of the molecule is CCn1cc(-c2nnc3n2[C@H](C)C(=O)N(Cc2ccccc2)C3)cn1. The van der Waals surface area contributed by atoms with Crippen molar-refractivity contribution in [3.8, 4) is 11.4 Å². The Labute approximate surface area is 145 Å². The molecule has 0 N–H and O–H groups in total. The molecule has 1 aromatic carbocycles. The van der Waals surface area contributed by atoms with Crippen molar-refractivity contribution >= 4 is 5.91 Å². The first-order valence-corrected chi connectivity index (χ1v) is 8.46. The minimum Gasteiger partial charge on any atom is -0.329 e. The first-order chi connectivity index (χ1) is 12.2. The smallest absolute Gasteiger partial charge is 0.246 e. The molecule has 0 bridgehead atoms. The van der Waals surface area contributed by atoms with Gasteiger partial charge in [0.05, 0.1) is 18.3 Å². The third kappa shape index (κ3) is 2.71. The Morgan fingerprint density at radius 3 is 2.72 bits per heavy atom. The largest absolute Gasteiger partial charge is 0.329 e. The number of benzene rings is 1. The molecule has 1 amide bonds. The fourth-order valence-corrected chi connectivity index (χ4v) is 3.25. The summed E-state index contributed by atoms with van der Waals surface area (Å²) in [4.78, 5) is 14.7. The number of aryl methyl sites for hydroxylation is 1. The van der Waals surface area contributed by atoms with Crippen molar-refractivity contribution < 1.29 is 4.79 Å². The fourth-order valence-electron chi connectivity index (χ4n) is 3.25. The highest BCUT2D eigenvalue weighted by Crippen LogP contribution is 2.28. The molecule has 0 saturated carbocycles. The molecule has 128 valence electrons. The van der Waals surface area contributed by atoms with E-state index in [2.05, 4.69) is 15.3 Å². The number of aromatic nitrogens is 5. The molecule has 7 heteroatoms. The van der Waals surface area contributed by atoms with E-state index in [0.717, 1.165) is 23.5 Å². The van der Waals surface area contributed by atoms with Crippen molar-refractivity contribution in [2.75, 3.05) is 0 Å². The van der Waals surface area contributed by atoms with E-state index in [0.29, 0.717) is 18.9 Å². The van der Waals surface area contributed by atoms with Gasteiger partial charge in [-0.05, 0) is 19.4 Å². The van der Waals surface area contributed by atoms with Crippen LogP contribution in [0.5, 0.6) is 0 Å². The molecular formula is C18H20N6O. The number of fused-ring (bicyclic) bond motifs is 1. The first kappa shape index (κ1) is 15.6. The molecule has 0 aliphatic carbocycles. The van der Waals surface area contributed by atoms with Crippen LogP contribution in [0.4, 0.5) is 0 Å². The van der Waals surface area contributed by atoms with Crippen molar-refractivity contribution in [3.05, 3.63) is 54.1 Å². The summed E-state index contributed by atoms with van der Waals surface area (Å²) in [5.41, 5.74) is 2.00. The number of amides is 1. The molecule has 4 rings (SSSR count). The maximum absolute atomic E-state index is 12.9. The maximum atomic E-state index is 12.9. The summed E-state index contributed by atoms with van der Waals surface area (Å²) in [6.45, 7) is 5.77. The Morgan fingerprint density at radius 1 is 1.20 bits per heavy atom. The zero-order chi connectivity index (χ0) is 17.4. The van der Waals surface area contributed by atoms with Crippen LogP contribution in [0.15, 0.2) is 42.7 Å². The van der Waals surface area contributed by atoms with E-state index in [-0.39, 0.29) is 11.9 Å². The average Bonchev–Trinajstić information content (AvgIpc) is 3.26. The summed E-state index contributed by atoms with van der Waals surface area (Å²) in [6.07, 6.45) is 3.71. The number of carbonyl (C=O) groups excluding carboxylic acids is 1. The van der Waals surface area contributed by atoms with E-state index in [1.165, 1.54) is 0 Å². The van der Waals surface area contributed by atoms with Gasteiger partial charge in [-0.2, -0.15) is 5.10 Å². The molecule has 7 nitrogen and oxygen atoms in total. The lowest BCUT2D eigenvalue weighted by Crippen LogP contribution is -2.41. The van der Waals surface area contributed by atoms with Gasteiger partial charge >= 0.3 is 0 Å². The van der Waals surface area contributed by atoms with Gasteiger partial charge in [0.1, 0.15) is 6.04 Å². The monoisotopic (exact) mass is 336 g/mol. The normalized spacial score (nSPS) is 17.0. The number of carbonyl (C=O) groups is 1. The summed E-state index contributed by atoms with van der Waals surface area (Å²) in [6, 6.07) is 9.67. The molecule has 0 spiro atoms. The second-order valence-corrected chi connectivity index (χ2v) is 6.25. The number of hydrogen-bond acceptors (Lipinski definition) is 4. The second kappa shape index (κ2) is 6.16. The van der Waals surface area contributed by atoms with E-state index in [9.17, 15) is 4.79 Å². The lowest BCUT2D eigenvalue weighted by atomic mass is 10.1. The molecule has 0 saturated heterocycles. The molecular weight excluding hydrogens is 316 g/mol. The van der Waals surface area contributed by atoms with Gasteiger partial charge < -0.3 is 4.90 Å². The third-order valence-electron chi connectivity index (χ3n) is 4.59. The molecule has 1 atom stereocenters. The molecule has 3 aromatic rings. The fraction of sp³-hybridized carbons (Fsp3) is 0.333. The molecule has 0 fully saturated rings. The Hall–Kier alpha value is -2.96. The Bertz CT molecular complexity index is 897. The zero-order valence-corrected chi connectivity index (χ0v) is 14.3. The van der Waals surface area contributed by atoms with Crippen LogP contribution < -0.4 is 0 Å². The molecule has 0 radical (unpaired) electrons. The summed E-state index contributed by atoms with van der Waals surface area (Å²) >= 11 is 0. The zero-order valence-electron chi connectivity index (χ0n) is 14.3. The summed E-state index contributed by atoms with van der Waals surface area (Å²) in [5, 5.41) is 12.9. The number of nitrogens with zero attached hydrogens (tertiary/aromatic N) is 6. The molecule has 25 heavy (non-hydrogen) atoms. The quantitative estimate of drug-likeness (QED) is 0.733. The van der Waals surface area contributed by atoms with Crippen LogP contribution in [0.1, 0.15) is 31.3 Å². The van der Waals surface area contributed by atoms with Crippen molar-refractivity contribution in [3.63, 3.8) is 0 Å². The molecule has 1 aliphatic heterocycles. The average molecular weight is 336 g/mol. The highest BCUT2D eigenvalue weighted by atomic mass is 16.2. The van der Waals surface area contributed by atoms with E-state index in [4.69, 9.17) is 0 Å². The molecule has 2 aromatic heterocycles. The Morgan fingerprint density at radius 2 is 2.00 bits per heavy atom. The first-order valence-electron chi connectivity index (χ1n) is 8.46. The van der Waals surface area contributed by atoms with Gasteiger partial charge in [-0.15, -0.1) is 10.2 Å². The standard InChI is InChI=1S/C18H20N6O/c1-3-23-11-15(9-19-23)17-21-20-16-12-22(18(25)13(2)24(16)17)10-14-7-5-4-6-8-14/h4-9,11,13H,3,10,12H2,1-2H3/t13-/m1/s1. The van der Waals surface area contributed by atoms with E-state index < -0.39 is 0 Å². The van der Waals surface area contributed by atoms with Crippen LogP contribution in [0.25, 0.3) is 11.4 Å². The Kier molecular flexibility index (Phi) is 3.83. The lowest BCUT2D eigenvalue weighted by molar-refractivity contribution is -0.137. The summed E-state index contributed by atoms with van der Waals surface area (Å²) < 4.78 is 3.77. The van der Waals surface area contributed by atoms with Crippen molar-refractivity contribution in [1.29, 1.82) is 0 Å². The van der Waals surface area contributed by atoms with Gasteiger partial charge in [0.25, 0.3) is 0 Å². The second-order valence-electron chi connectivity index (χ2n) is 6.25. The number of rotatable bonds is 4. The Balaban J connectivity index is 1.65.